The summed E-state index contributed by atoms with van der Waals surface area (Å²) in [6.07, 6.45) is 1.11. The topological polar surface area (TPSA) is 63.0 Å². The molecule has 31 heavy (non-hydrogen) atoms. The Labute approximate surface area is 179 Å². The van der Waals surface area contributed by atoms with E-state index in [0.29, 0.717) is 18.7 Å². The molecule has 1 fully saturated rings. The zero-order valence-electron chi connectivity index (χ0n) is 17.0. The molecular weight excluding hydrogens is 399 g/mol. The van der Waals surface area contributed by atoms with Crippen molar-refractivity contribution < 1.29 is 18.3 Å². The number of ether oxygens (including phenoxy) is 1. The second-order valence-corrected chi connectivity index (χ2v) is 7.41. The number of benzene rings is 2. The summed E-state index contributed by atoms with van der Waals surface area (Å²) in [5, 5.41) is 0. The molecule has 0 bridgehead atoms. The maximum atomic E-state index is 13.7. The third-order valence-electron chi connectivity index (χ3n) is 5.26. The van der Waals surface area contributed by atoms with Gasteiger partial charge in [-0.15, -0.1) is 0 Å². The Morgan fingerprint density at radius 1 is 1.00 bits per heavy atom. The number of halogens is 1. The van der Waals surface area contributed by atoms with Gasteiger partial charge in [0.05, 0.1) is 0 Å². The van der Waals surface area contributed by atoms with E-state index in [1.165, 1.54) is 11.6 Å². The van der Waals surface area contributed by atoms with Gasteiger partial charge in [0.2, 0.25) is 11.2 Å². The Balaban J connectivity index is 1.33. The van der Waals surface area contributed by atoms with Gasteiger partial charge in [-0.25, -0.2) is 4.39 Å². The summed E-state index contributed by atoms with van der Waals surface area (Å²) >= 11 is 0. The second-order valence-electron chi connectivity index (χ2n) is 7.41. The average Bonchev–Trinajstić information content (AvgIpc) is 2.80. The lowest BCUT2D eigenvalue weighted by Gasteiger charge is -2.34. The van der Waals surface area contributed by atoms with Crippen LogP contribution >= 0.6 is 0 Å². The van der Waals surface area contributed by atoms with Gasteiger partial charge < -0.3 is 14.1 Å². The number of piperazine rings is 1. The summed E-state index contributed by atoms with van der Waals surface area (Å²) in [5.74, 6) is -0.825. The highest BCUT2D eigenvalue weighted by molar-refractivity contribution is 5.91. The van der Waals surface area contributed by atoms with Crippen LogP contribution in [0.1, 0.15) is 21.7 Å². The number of nitrogens with zero attached hydrogens (tertiary/aromatic N) is 2. The minimum atomic E-state index is -0.478. The fraction of sp³-hybridized carbons (Fsp3) is 0.250. The van der Waals surface area contributed by atoms with Crippen LogP contribution in [0, 0.1) is 5.82 Å². The number of rotatable bonds is 6. The van der Waals surface area contributed by atoms with Crippen LogP contribution in [0.15, 0.2) is 76.1 Å². The molecule has 0 atom stereocenters. The SMILES string of the molecule is O=C(c1cc(=O)c(OCc2ccccc2F)co1)N1CCN(Cc2ccccc2)CC1. The van der Waals surface area contributed by atoms with E-state index >= 15 is 0 Å². The highest BCUT2D eigenvalue weighted by Gasteiger charge is 2.24. The molecule has 160 valence electrons. The van der Waals surface area contributed by atoms with Crippen molar-refractivity contribution in [1.82, 2.24) is 9.80 Å². The zero-order valence-corrected chi connectivity index (χ0v) is 17.0. The molecule has 0 N–H and O–H groups in total. The lowest BCUT2D eigenvalue weighted by Crippen LogP contribution is -2.48. The monoisotopic (exact) mass is 422 g/mol. The molecule has 0 radical (unpaired) electrons. The predicted molar refractivity (Wildman–Crippen MR) is 113 cm³/mol. The van der Waals surface area contributed by atoms with Crippen molar-refractivity contribution in [2.24, 2.45) is 0 Å². The van der Waals surface area contributed by atoms with Crippen molar-refractivity contribution in [3.05, 3.63) is 99.9 Å². The van der Waals surface area contributed by atoms with E-state index in [4.69, 9.17) is 9.15 Å². The van der Waals surface area contributed by atoms with Crippen molar-refractivity contribution in [3.8, 4) is 5.75 Å². The van der Waals surface area contributed by atoms with Crippen molar-refractivity contribution in [1.29, 1.82) is 0 Å². The summed E-state index contributed by atoms with van der Waals surface area (Å²) in [6.45, 7) is 3.34. The smallest absolute Gasteiger partial charge is 0.289 e. The fourth-order valence-corrected chi connectivity index (χ4v) is 3.49. The van der Waals surface area contributed by atoms with Crippen LogP contribution in [-0.4, -0.2) is 41.9 Å². The summed E-state index contributed by atoms with van der Waals surface area (Å²) in [4.78, 5) is 29.0. The Hall–Kier alpha value is -3.45. The molecule has 2 aromatic carbocycles. The molecule has 0 unspecified atom stereocenters. The highest BCUT2D eigenvalue weighted by Crippen LogP contribution is 2.14. The maximum Gasteiger partial charge on any atom is 0.289 e. The number of hydrogen-bond donors (Lipinski definition) is 0. The van der Waals surface area contributed by atoms with Crippen LogP contribution in [0.4, 0.5) is 4.39 Å². The molecule has 1 saturated heterocycles. The van der Waals surface area contributed by atoms with E-state index in [1.807, 2.05) is 18.2 Å². The van der Waals surface area contributed by atoms with Crippen LogP contribution in [0.5, 0.6) is 5.75 Å². The van der Waals surface area contributed by atoms with E-state index in [2.05, 4.69) is 17.0 Å². The van der Waals surface area contributed by atoms with E-state index in [-0.39, 0.29) is 24.0 Å². The quantitative estimate of drug-likeness (QED) is 0.610. The van der Waals surface area contributed by atoms with E-state index in [9.17, 15) is 14.0 Å². The predicted octanol–water partition coefficient (Wildman–Crippen LogP) is 3.32. The third kappa shape index (κ3) is 5.19. The van der Waals surface area contributed by atoms with Gasteiger partial charge >= 0.3 is 0 Å². The molecule has 4 rings (SSSR count). The van der Waals surface area contributed by atoms with Gasteiger partial charge in [0.1, 0.15) is 18.7 Å². The number of carbonyl (C=O) groups is 1. The molecule has 1 aliphatic heterocycles. The van der Waals surface area contributed by atoms with Crippen molar-refractivity contribution in [2.75, 3.05) is 26.2 Å². The van der Waals surface area contributed by atoms with Crippen LogP contribution in [0.3, 0.4) is 0 Å². The zero-order chi connectivity index (χ0) is 21.6. The van der Waals surface area contributed by atoms with Crippen LogP contribution < -0.4 is 10.2 Å². The summed E-state index contributed by atoms with van der Waals surface area (Å²) < 4.78 is 24.4. The van der Waals surface area contributed by atoms with Crippen molar-refractivity contribution >= 4 is 5.91 Å². The normalized spacial score (nSPS) is 14.4. The van der Waals surface area contributed by atoms with Gasteiger partial charge in [-0.05, 0) is 11.6 Å². The standard InChI is InChI=1S/C24H23FN2O4/c25-20-9-5-4-8-19(20)16-30-23-17-31-22(14-21(23)28)24(29)27-12-10-26(11-13-27)15-18-6-2-1-3-7-18/h1-9,14,17H,10-13,15-16H2. The molecule has 1 aromatic heterocycles. The Morgan fingerprint density at radius 3 is 2.42 bits per heavy atom. The molecular formula is C24H23FN2O4. The summed E-state index contributed by atoms with van der Waals surface area (Å²) in [5.41, 5.74) is 1.09. The first-order chi connectivity index (χ1) is 15.1. The second kappa shape index (κ2) is 9.57. The molecule has 0 aliphatic carbocycles. The molecule has 1 amide bonds. The Morgan fingerprint density at radius 2 is 1.71 bits per heavy atom. The molecule has 1 aliphatic rings. The van der Waals surface area contributed by atoms with Gasteiger partial charge in [-0.1, -0.05) is 48.5 Å². The molecule has 3 aromatic rings. The molecule has 0 saturated carbocycles. The Bertz CT molecular complexity index is 1090. The first-order valence-corrected chi connectivity index (χ1v) is 10.1. The molecule has 6 nitrogen and oxygen atoms in total. The van der Waals surface area contributed by atoms with E-state index in [1.54, 1.807) is 23.1 Å². The lowest BCUT2D eigenvalue weighted by atomic mass is 10.2. The van der Waals surface area contributed by atoms with Gasteiger partial charge in [0, 0.05) is 44.4 Å². The van der Waals surface area contributed by atoms with Crippen LogP contribution in [-0.2, 0) is 13.2 Å². The largest absolute Gasteiger partial charge is 0.482 e. The minimum absolute atomic E-state index is 0.0280. The fourth-order valence-electron chi connectivity index (χ4n) is 3.49. The minimum Gasteiger partial charge on any atom is -0.482 e. The van der Waals surface area contributed by atoms with Gasteiger partial charge in [0.25, 0.3) is 5.91 Å². The third-order valence-corrected chi connectivity index (χ3v) is 5.26. The van der Waals surface area contributed by atoms with E-state index < -0.39 is 11.2 Å². The highest BCUT2D eigenvalue weighted by atomic mass is 19.1. The van der Waals surface area contributed by atoms with Gasteiger partial charge in [-0.2, -0.15) is 0 Å². The van der Waals surface area contributed by atoms with Crippen LogP contribution in [0.25, 0.3) is 0 Å². The first kappa shape index (κ1) is 20.8. The summed E-state index contributed by atoms with van der Waals surface area (Å²) in [6, 6.07) is 17.5. The van der Waals surface area contributed by atoms with E-state index in [0.717, 1.165) is 32.0 Å². The Kier molecular flexibility index (Phi) is 6.43. The molecule has 7 heteroatoms. The number of hydrogen-bond acceptors (Lipinski definition) is 5. The molecule has 0 spiro atoms. The van der Waals surface area contributed by atoms with Crippen LogP contribution in [0.2, 0.25) is 0 Å². The van der Waals surface area contributed by atoms with Crippen molar-refractivity contribution in [3.63, 3.8) is 0 Å². The van der Waals surface area contributed by atoms with Gasteiger partial charge in [-0.3, -0.25) is 14.5 Å². The number of carbonyl (C=O) groups excluding carboxylic acids is 1. The van der Waals surface area contributed by atoms with Gasteiger partial charge in [0.15, 0.2) is 5.76 Å². The molecule has 2 heterocycles. The first-order valence-electron chi connectivity index (χ1n) is 10.1. The maximum absolute atomic E-state index is 13.7. The summed E-state index contributed by atoms with van der Waals surface area (Å²) in [7, 11) is 0. The van der Waals surface area contributed by atoms with Crippen molar-refractivity contribution in [2.45, 2.75) is 13.2 Å². The lowest BCUT2D eigenvalue weighted by molar-refractivity contribution is 0.0594. The average molecular weight is 422 g/mol. The number of amides is 1.